The van der Waals surface area contributed by atoms with Crippen LogP contribution in [0.4, 0.5) is 0 Å². The second kappa shape index (κ2) is 4.78. The maximum absolute atomic E-state index is 12.2. The average molecular weight is 222 g/mol. The Bertz CT molecular complexity index is 215. The average Bonchev–Trinajstić information content (AvgIpc) is 2.49. The fourth-order valence-corrected chi connectivity index (χ4v) is 10.7. The quantitative estimate of drug-likeness (QED) is 0.660. The molecule has 0 aromatic rings. The zero-order valence-corrected chi connectivity index (χ0v) is 10.1. The van der Waals surface area contributed by atoms with Crippen LogP contribution in [-0.2, 0) is 4.57 Å². The van der Waals surface area contributed by atoms with Crippen LogP contribution in [-0.4, -0.2) is 11.5 Å². The van der Waals surface area contributed by atoms with Gasteiger partial charge >= 0.3 is 0 Å². The first-order chi connectivity index (χ1) is 5.73. The van der Waals surface area contributed by atoms with Gasteiger partial charge in [0, 0.05) is 16.8 Å². The van der Waals surface area contributed by atoms with Crippen molar-refractivity contribution in [1.29, 1.82) is 0 Å². The van der Waals surface area contributed by atoms with Gasteiger partial charge in [-0.15, -0.1) is 0 Å². The molecule has 0 aliphatic carbocycles. The third kappa shape index (κ3) is 2.34. The van der Waals surface area contributed by atoms with Crippen LogP contribution in [0.15, 0.2) is 11.4 Å². The molecule has 70 valence electrons. The molecule has 0 bridgehead atoms. The molecule has 0 aromatic carbocycles. The smallest absolute Gasteiger partial charge is 0.215 e. The summed E-state index contributed by atoms with van der Waals surface area (Å²) in [7, 11) is 0. The number of rotatable bonds is 3. The second-order valence-corrected chi connectivity index (χ2v) is 10.9. The summed E-state index contributed by atoms with van der Waals surface area (Å²) in [5, 5.41) is 1.19. The molecule has 0 unspecified atom stereocenters. The molecule has 1 rings (SSSR count). The molecule has 1 nitrogen and oxygen atoms in total. The van der Waals surface area contributed by atoms with Crippen molar-refractivity contribution in [3.05, 3.63) is 11.4 Å². The van der Waals surface area contributed by atoms with Gasteiger partial charge in [-0.05, 0) is 12.8 Å². The van der Waals surface area contributed by atoms with Gasteiger partial charge in [-0.25, -0.2) is 0 Å². The number of allylic oxidation sites excluding steroid dienone is 2. The first-order valence-corrected chi connectivity index (χ1v) is 9.20. The standard InChI is InChI=1S/C8H15OPS2/c1-3-5-8(4-2)10(9)11-6-7-12-10/h5H,3-4,6-7H2,1-2H3/b8-5+. The molecule has 0 amide bonds. The lowest BCUT2D eigenvalue weighted by Crippen LogP contribution is -1.75. The van der Waals surface area contributed by atoms with Crippen LogP contribution in [0.2, 0.25) is 0 Å². The highest BCUT2D eigenvalue weighted by molar-refractivity contribution is 8.93. The van der Waals surface area contributed by atoms with E-state index >= 15 is 0 Å². The topological polar surface area (TPSA) is 17.1 Å². The minimum Gasteiger partial charge on any atom is -0.296 e. The van der Waals surface area contributed by atoms with Crippen molar-refractivity contribution in [3.8, 4) is 0 Å². The van der Waals surface area contributed by atoms with Gasteiger partial charge in [0.2, 0.25) is 5.55 Å². The molecule has 1 aliphatic heterocycles. The molecule has 0 aromatic heterocycles. The van der Waals surface area contributed by atoms with E-state index in [2.05, 4.69) is 19.9 Å². The van der Waals surface area contributed by atoms with E-state index in [-0.39, 0.29) is 0 Å². The summed E-state index contributed by atoms with van der Waals surface area (Å²) in [6.45, 7) is 4.20. The predicted octanol–water partition coefficient (Wildman–Crippen LogP) is 4.36. The van der Waals surface area contributed by atoms with E-state index in [1.807, 2.05) is 0 Å². The summed E-state index contributed by atoms with van der Waals surface area (Å²) in [6.07, 6.45) is 4.10. The Morgan fingerprint density at radius 1 is 1.42 bits per heavy atom. The molecular weight excluding hydrogens is 207 g/mol. The molecule has 1 saturated heterocycles. The van der Waals surface area contributed by atoms with Gasteiger partial charge < -0.3 is 0 Å². The zero-order chi connectivity index (χ0) is 9.03. The molecule has 1 heterocycles. The van der Waals surface area contributed by atoms with E-state index in [1.165, 1.54) is 5.31 Å². The highest BCUT2D eigenvalue weighted by Crippen LogP contribution is 2.78. The molecule has 0 radical (unpaired) electrons. The van der Waals surface area contributed by atoms with E-state index < -0.39 is 5.55 Å². The van der Waals surface area contributed by atoms with Crippen LogP contribution in [0.25, 0.3) is 0 Å². The van der Waals surface area contributed by atoms with Gasteiger partial charge in [-0.3, -0.25) is 4.57 Å². The number of hydrogen-bond donors (Lipinski definition) is 0. The lowest BCUT2D eigenvalue weighted by molar-refractivity contribution is 0.596. The van der Waals surface area contributed by atoms with E-state index in [1.54, 1.807) is 22.8 Å². The second-order valence-electron chi connectivity index (χ2n) is 2.62. The van der Waals surface area contributed by atoms with Gasteiger partial charge in [0.05, 0.1) is 0 Å². The highest BCUT2D eigenvalue weighted by Gasteiger charge is 2.31. The van der Waals surface area contributed by atoms with Crippen molar-refractivity contribution >= 4 is 28.3 Å². The molecule has 12 heavy (non-hydrogen) atoms. The normalized spacial score (nSPS) is 23.0. The molecule has 1 fully saturated rings. The van der Waals surface area contributed by atoms with E-state index in [0.29, 0.717) is 0 Å². The first kappa shape index (κ1) is 10.7. The lowest BCUT2D eigenvalue weighted by atomic mass is 10.3. The number of hydrogen-bond acceptors (Lipinski definition) is 3. The van der Waals surface area contributed by atoms with Gasteiger partial charge in [-0.2, -0.15) is 0 Å². The Labute approximate surface area is 82.6 Å². The van der Waals surface area contributed by atoms with Gasteiger partial charge in [-0.1, -0.05) is 42.7 Å². The minimum atomic E-state index is -2.00. The molecule has 0 N–H and O–H groups in total. The molecule has 4 heteroatoms. The first-order valence-electron chi connectivity index (χ1n) is 4.31. The molecule has 1 aliphatic rings. The van der Waals surface area contributed by atoms with E-state index in [9.17, 15) is 4.57 Å². The van der Waals surface area contributed by atoms with Crippen LogP contribution >= 0.6 is 28.3 Å². The zero-order valence-electron chi connectivity index (χ0n) is 7.58. The van der Waals surface area contributed by atoms with Crippen LogP contribution in [0, 0.1) is 0 Å². The van der Waals surface area contributed by atoms with Crippen molar-refractivity contribution in [3.63, 3.8) is 0 Å². The van der Waals surface area contributed by atoms with Crippen LogP contribution in [0.5, 0.6) is 0 Å². The summed E-state index contributed by atoms with van der Waals surface area (Å²) in [5.74, 6) is 2.12. The third-order valence-electron chi connectivity index (χ3n) is 1.76. The maximum Gasteiger partial charge on any atom is 0.215 e. The summed E-state index contributed by atoms with van der Waals surface area (Å²) < 4.78 is 12.2. The van der Waals surface area contributed by atoms with Crippen molar-refractivity contribution in [2.24, 2.45) is 0 Å². The summed E-state index contributed by atoms with van der Waals surface area (Å²) in [4.78, 5) is 0. The monoisotopic (exact) mass is 222 g/mol. The van der Waals surface area contributed by atoms with E-state index in [4.69, 9.17) is 0 Å². The summed E-state index contributed by atoms with van der Waals surface area (Å²) in [6, 6.07) is 0. The summed E-state index contributed by atoms with van der Waals surface area (Å²) in [5.41, 5.74) is -2.00. The van der Waals surface area contributed by atoms with Crippen molar-refractivity contribution in [1.82, 2.24) is 0 Å². The van der Waals surface area contributed by atoms with Gasteiger partial charge in [0.15, 0.2) is 0 Å². The van der Waals surface area contributed by atoms with Crippen molar-refractivity contribution in [2.75, 3.05) is 11.5 Å². The third-order valence-corrected chi connectivity index (χ3v) is 11.1. The highest BCUT2D eigenvalue weighted by atomic mass is 33.1. The molecule has 0 spiro atoms. The Morgan fingerprint density at radius 3 is 2.42 bits per heavy atom. The largest absolute Gasteiger partial charge is 0.296 e. The van der Waals surface area contributed by atoms with Gasteiger partial charge in [0.25, 0.3) is 0 Å². The fourth-order valence-electron chi connectivity index (χ4n) is 1.20. The SMILES string of the molecule is CC/C=C(\CC)P1(=O)SCCS1. The lowest BCUT2D eigenvalue weighted by Gasteiger charge is -2.11. The molecular formula is C8H15OPS2. The van der Waals surface area contributed by atoms with Crippen LogP contribution < -0.4 is 0 Å². The Hall–Kier alpha value is 0.670. The molecule has 0 saturated carbocycles. The minimum absolute atomic E-state index is 0.950. The van der Waals surface area contributed by atoms with Gasteiger partial charge in [0.1, 0.15) is 0 Å². The Morgan fingerprint density at radius 2 is 2.00 bits per heavy atom. The fraction of sp³-hybridized carbons (Fsp3) is 0.750. The molecule has 0 atom stereocenters. The van der Waals surface area contributed by atoms with Crippen LogP contribution in [0.1, 0.15) is 26.7 Å². The Kier molecular flexibility index (Phi) is 4.28. The van der Waals surface area contributed by atoms with E-state index in [0.717, 1.165) is 24.3 Å². The van der Waals surface area contributed by atoms with Crippen molar-refractivity contribution in [2.45, 2.75) is 26.7 Å². The van der Waals surface area contributed by atoms with Crippen molar-refractivity contribution < 1.29 is 4.57 Å². The summed E-state index contributed by atoms with van der Waals surface area (Å²) >= 11 is 3.34. The maximum atomic E-state index is 12.2. The predicted molar refractivity (Wildman–Crippen MR) is 61.2 cm³/mol. The van der Waals surface area contributed by atoms with Crippen LogP contribution in [0.3, 0.4) is 0 Å². The Balaban J connectivity index is 2.77.